The molecule has 2 aromatic rings. The highest BCUT2D eigenvalue weighted by molar-refractivity contribution is 6.02. The van der Waals surface area contributed by atoms with Gasteiger partial charge in [0.15, 0.2) is 6.61 Å². The molecule has 0 fully saturated rings. The molecule has 0 saturated carbocycles. The number of para-hydroxylation sites is 1. The quantitative estimate of drug-likeness (QED) is 0.217. The van der Waals surface area contributed by atoms with Crippen LogP contribution in [0.4, 0.5) is 11.4 Å². The van der Waals surface area contributed by atoms with Gasteiger partial charge in [-0.05, 0) is 18.2 Å². The highest BCUT2D eigenvalue weighted by atomic mass is 16.6. The molecule has 1 N–H and O–H groups in total. The SMILES string of the molecule is COCCNc1ccc([N+](=O)[O-])cc1C(=O)OCC(=O)c1ccccc1OC. The van der Waals surface area contributed by atoms with E-state index in [2.05, 4.69) is 5.32 Å². The minimum Gasteiger partial charge on any atom is -0.496 e. The van der Waals surface area contributed by atoms with Crippen molar-refractivity contribution in [3.63, 3.8) is 0 Å². The van der Waals surface area contributed by atoms with E-state index in [-0.39, 0.29) is 16.8 Å². The minimum absolute atomic E-state index is 0.0434. The molecule has 0 heterocycles. The van der Waals surface area contributed by atoms with Crippen molar-refractivity contribution in [1.29, 1.82) is 0 Å². The predicted octanol–water partition coefficient (Wildman–Crippen LogP) is 2.70. The van der Waals surface area contributed by atoms with Crippen LogP contribution < -0.4 is 10.1 Å². The normalized spacial score (nSPS) is 10.2. The van der Waals surface area contributed by atoms with Gasteiger partial charge in [0.25, 0.3) is 5.69 Å². The summed E-state index contributed by atoms with van der Waals surface area (Å²) in [5.74, 6) is -0.946. The summed E-state index contributed by atoms with van der Waals surface area (Å²) < 4.78 is 15.1. The molecule has 9 heteroatoms. The molecule has 0 amide bonds. The molecule has 0 aliphatic rings. The Balaban J connectivity index is 2.16. The molecule has 0 atom stereocenters. The van der Waals surface area contributed by atoms with Gasteiger partial charge in [-0.25, -0.2) is 4.79 Å². The number of rotatable bonds is 10. The van der Waals surface area contributed by atoms with E-state index in [0.717, 1.165) is 6.07 Å². The molecule has 0 aliphatic carbocycles. The largest absolute Gasteiger partial charge is 0.496 e. The molecular formula is C19H20N2O7. The second kappa shape index (κ2) is 10.0. The molecular weight excluding hydrogens is 368 g/mol. The maximum absolute atomic E-state index is 12.5. The van der Waals surface area contributed by atoms with Crippen LogP contribution in [0.15, 0.2) is 42.5 Å². The number of anilines is 1. The van der Waals surface area contributed by atoms with Crippen molar-refractivity contribution in [3.8, 4) is 5.75 Å². The number of non-ortho nitro benzene ring substituents is 1. The molecule has 0 aromatic heterocycles. The van der Waals surface area contributed by atoms with Crippen molar-refractivity contribution in [2.24, 2.45) is 0 Å². The maximum atomic E-state index is 12.5. The van der Waals surface area contributed by atoms with Gasteiger partial charge in [0, 0.05) is 31.5 Å². The number of nitro benzene ring substituents is 1. The van der Waals surface area contributed by atoms with Gasteiger partial charge in [0.2, 0.25) is 5.78 Å². The third-order valence-corrected chi connectivity index (χ3v) is 3.80. The molecule has 0 spiro atoms. The molecule has 9 nitrogen and oxygen atoms in total. The van der Waals surface area contributed by atoms with Crippen LogP contribution in [0.2, 0.25) is 0 Å². The van der Waals surface area contributed by atoms with Gasteiger partial charge in [0.05, 0.1) is 29.8 Å². The van der Waals surface area contributed by atoms with Crippen LogP contribution in [0.5, 0.6) is 5.75 Å². The smallest absolute Gasteiger partial charge is 0.340 e. The van der Waals surface area contributed by atoms with Crippen LogP contribution in [0.25, 0.3) is 0 Å². The number of carbonyl (C=O) groups is 2. The van der Waals surface area contributed by atoms with Crippen LogP contribution in [-0.4, -0.2) is 50.7 Å². The number of ether oxygens (including phenoxy) is 3. The Morgan fingerprint density at radius 2 is 1.86 bits per heavy atom. The highest BCUT2D eigenvalue weighted by Gasteiger charge is 2.20. The van der Waals surface area contributed by atoms with Crippen molar-refractivity contribution < 1.29 is 28.7 Å². The summed E-state index contributed by atoms with van der Waals surface area (Å²) in [6.45, 7) is 0.228. The number of hydrogen-bond acceptors (Lipinski definition) is 8. The molecule has 0 radical (unpaired) electrons. The maximum Gasteiger partial charge on any atom is 0.340 e. The van der Waals surface area contributed by atoms with Crippen LogP contribution in [0.3, 0.4) is 0 Å². The van der Waals surface area contributed by atoms with Crippen LogP contribution in [0.1, 0.15) is 20.7 Å². The zero-order valence-electron chi connectivity index (χ0n) is 15.5. The first-order valence-electron chi connectivity index (χ1n) is 8.32. The summed E-state index contributed by atoms with van der Waals surface area (Å²) in [6.07, 6.45) is 0. The van der Waals surface area contributed by atoms with Crippen molar-refractivity contribution in [3.05, 3.63) is 63.7 Å². The molecule has 0 unspecified atom stereocenters. The monoisotopic (exact) mass is 388 g/mol. The number of nitrogens with one attached hydrogen (secondary N) is 1. The van der Waals surface area contributed by atoms with Crippen LogP contribution >= 0.6 is 0 Å². The average Bonchev–Trinajstić information content (AvgIpc) is 2.71. The Kier molecular flexibility index (Phi) is 7.46. The van der Waals surface area contributed by atoms with Gasteiger partial charge in [-0.3, -0.25) is 14.9 Å². The van der Waals surface area contributed by atoms with Crippen LogP contribution in [0, 0.1) is 10.1 Å². The van der Waals surface area contributed by atoms with Gasteiger partial charge in [-0.2, -0.15) is 0 Å². The molecule has 0 bridgehead atoms. The van der Waals surface area contributed by atoms with Crippen molar-refractivity contribution >= 4 is 23.1 Å². The average molecular weight is 388 g/mol. The zero-order chi connectivity index (χ0) is 20.5. The fraction of sp³-hybridized carbons (Fsp3) is 0.263. The Labute approximate surface area is 161 Å². The number of methoxy groups -OCH3 is 2. The fourth-order valence-electron chi connectivity index (χ4n) is 2.42. The number of esters is 1. The van der Waals surface area contributed by atoms with E-state index < -0.39 is 23.3 Å². The molecule has 28 heavy (non-hydrogen) atoms. The Morgan fingerprint density at radius 3 is 2.54 bits per heavy atom. The number of Topliss-reactive ketones (excluding diaryl/α,β-unsaturated/α-hetero) is 1. The van der Waals surface area contributed by atoms with Crippen molar-refractivity contribution in [2.75, 3.05) is 39.3 Å². The number of nitro groups is 1. The summed E-state index contributed by atoms with van der Waals surface area (Å²) in [5.41, 5.74) is 0.311. The first kappa shape index (κ1) is 20.8. The zero-order valence-corrected chi connectivity index (χ0v) is 15.5. The minimum atomic E-state index is -0.855. The lowest BCUT2D eigenvalue weighted by atomic mass is 10.1. The number of nitrogens with zero attached hydrogens (tertiary/aromatic N) is 1. The van der Waals surface area contributed by atoms with Gasteiger partial charge in [-0.1, -0.05) is 12.1 Å². The summed E-state index contributed by atoms with van der Waals surface area (Å²) >= 11 is 0. The Bertz CT molecular complexity index is 867. The van der Waals surface area contributed by atoms with E-state index in [1.54, 1.807) is 24.3 Å². The summed E-state index contributed by atoms with van der Waals surface area (Å²) in [7, 11) is 2.95. The lowest BCUT2D eigenvalue weighted by Gasteiger charge is -2.12. The van der Waals surface area contributed by atoms with Gasteiger partial charge >= 0.3 is 5.97 Å². The number of hydrogen-bond donors (Lipinski definition) is 1. The Morgan fingerprint density at radius 1 is 1.11 bits per heavy atom. The standard InChI is InChI=1S/C19H20N2O7/c1-26-10-9-20-16-8-7-13(21(24)25)11-15(16)19(23)28-12-17(22)14-5-3-4-6-18(14)27-2/h3-8,11,20H,9-10,12H2,1-2H3. The van der Waals surface area contributed by atoms with Crippen molar-refractivity contribution in [2.45, 2.75) is 0 Å². The van der Waals surface area contributed by atoms with Gasteiger partial charge < -0.3 is 19.5 Å². The summed E-state index contributed by atoms with van der Waals surface area (Å²) in [4.78, 5) is 35.2. The summed E-state index contributed by atoms with van der Waals surface area (Å²) in [5, 5.41) is 14.0. The summed E-state index contributed by atoms with van der Waals surface area (Å²) in [6, 6.07) is 10.3. The lowest BCUT2D eigenvalue weighted by molar-refractivity contribution is -0.384. The van der Waals surface area contributed by atoms with E-state index in [0.29, 0.717) is 24.6 Å². The number of carbonyl (C=O) groups excluding carboxylic acids is 2. The Hall–Kier alpha value is -3.46. The third-order valence-electron chi connectivity index (χ3n) is 3.80. The topological polar surface area (TPSA) is 117 Å². The second-order valence-corrected chi connectivity index (χ2v) is 5.61. The van der Waals surface area contributed by atoms with E-state index in [9.17, 15) is 19.7 Å². The molecule has 148 valence electrons. The van der Waals surface area contributed by atoms with Crippen LogP contribution in [-0.2, 0) is 9.47 Å². The van der Waals surface area contributed by atoms with E-state index in [1.165, 1.54) is 26.4 Å². The first-order chi connectivity index (χ1) is 13.5. The third kappa shape index (κ3) is 5.27. The highest BCUT2D eigenvalue weighted by Crippen LogP contribution is 2.23. The lowest BCUT2D eigenvalue weighted by Crippen LogP contribution is -2.17. The molecule has 2 rings (SSSR count). The van der Waals surface area contributed by atoms with E-state index in [1.807, 2.05) is 0 Å². The molecule has 2 aromatic carbocycles. The predicted molar refractivity (Wildman–Crippen MR) is 101 cm³/mol. The second-order valence-electron chi connectivity index (χ2n) is 5.61. The van der Waals surface area contributed by atoms with Gasteiger partial charge in [0.1, 0.15) is 5.75 Å². The number of ketones is 1. The van der Waals surface area contributed by atoms with E-state index in [4.69, 9.17) is 14.2 Å². The number of benzene rings is 2. The van der Waals surface area contributed by atoms with Crippen molar-refractivity contribution in [1.82, 2.24) is 0 Å². The van der Waals surface area contributed by atoms with E-state index >= 15 is 0 Å². The molecule has 0 aliphatic heterocycles. The fourth-order valence-corrected chi connectivity index (χ4v) is 2.42. The molecule has 0 saturated heterocycles. The first-order valence-corrected chi connectivity index (χ1v) is 8.32. The van der Waals surface area contributed by atoms with Gasteiger partial charge in [-0.15, -0.1) is 0 Å².